The third kappa shape index (κ3) is 3.32. The van der Waals surface area contributed by atoms with Crippen LogP contribution >= 0.6 is 0 Å². The van der Waals surface area contributed by atoms with E-state index in [9.17, 15) is 18.4 Å². The summed E-state index contributed by atoms with van der Waals surface area (Å²) in [4.78, 5) is 28.1. The Labute approximate surface area is 169 Å². The lowest BCUT2D eigenvalue weighted by atomic mass is 10.1. The molecule has 2 heterocycles. The van der Waals surface area contributed by atoms with Crippen LogP contribution in [0, 0.1) is 17.6 Å². The van der Waals surface area contributed by atoms with Gasteiger partial charge in [-0.2, -0.15) is 0 Å². The molecule has 1 aliphatic heterocycles. The molecule has 2 aromatic carbocycles. The number of halogens is 2. The average Bonchev–Trinajstić information content (AvgIpc) is 3.39. The normalized spacial score (nSPS) is 21.8. The van der Waals surface area contributed by atoms with Crippen molar-refractivity contribution in [1.29, 1.82) is 0 Å². The van der Waals surface area contributed by atoms with Crippen LogP contribution in [0.1, 0.15) is 39.9 Å². The van der Waals surface area contributed by atoms with Gasteiger partial charge in [-0.15, -0.1) is 10.2 Å². The van der Waals surface area contributed by atoms with E-state index in [2.05, 4.69) is 25.8 Å². The number of benzene rings is 2. The third-order valence-corrected chi connectivity index (χ3v) is 5.53. The first kappa shape index (κ1) is 18.4. The molecule has 0 unspecified atom stereocenters. The van der Waals surface area contributed by atoms with Crippen LogP contribution in [0.2, 0.25) is 0 Å². The number of carbonyl (C=O) groups is 2. The van der Waals surface area contributed by atoms with Crippen molar-refractivity contribution in [3.8, 4) is 0 Å². The molecule has 3 N–H and O–H groups in total. The Kier molecular flexibility index (Phi) is 4.30. The molecule has 30 heavy (non-hydrogen) atoms. The van der Waals surface area contributed by atoms with Crippen molar-refractivity contribution in [1.82, 2.24) is 20.5 Å². The molecule has 0 spiro atoms. The van der Waals surface area contributed by atoms with Crippen LogP contribution in [-0.4, -0.2) is 33.0 Å². The van der Waals surface area contributed by atoms with Crippen molar-refractivity contribution in [2.24, 2.45) is 5.92 Å². The number of rotatable bonds is 4. The van der Waals surface area contributed by atoms with Gasteiger partial charge >= 0.3 is 0 Å². The summed E-state index contributed by atoms with van der Waals surface area (Å²) in [5, 5.41) is 13.0. The third-order valence-electron chi connectivity index (χ3n) is 5.53. The standard InChI is InChI=1S/C21H17F2N5O2/c22-11-7-13-12-9-14(12)18(20(29)25-17(13)15(23)8-11)26-21(30)19-24-16(27-28-19)6-10-4-2-1-3-5-10/h1-5,7-8,12,14,18H,6,9H2,(H,25,29)(H,26,30)(H,24,27,28)/t12-,14-,18-/m0/s1. The monoisotopic (exact) mass is 409 g/mol. The highest BCUT2D eigenvalue weighted by molar-refractivity contribution is 6.01. The average molecular weight is 409 g/mol. The van der Waals surface area contributed by atoms with Gasteiger partial charge in [0.15, 0.2) is 0 Å². The highest BCUT2D eigenvalue weighted by Gasteiger charge is 2.51. The molecule has 3 aromatic rings. The quantitative estimate of drug-likeness (QED) is 0.617. The molecule has 1 saturated carbocycles. The minimum atomic E-state index is -0.875. The Morgan fingerprint density at radius 3 is 2.77 bits per heavy atom. The number of H-pyrrole nitrogens is 1. The van der Waals surface area contributed by atoms with Crippen LogP contribution in [0.4, 0.5) is 14.5 Å². The molecule has 0 bridgehead atoms. The predicted molar refractivity (Wildman–Crippen MR) is 103 cm³/mol. The molecule has 152 valence electrons. The van der Waals surface area contributed by atoms with Crippen molar-refractivity contribution in [3.63, 3.8) is 0 Å². The summed E-state index contributed by atoms with van der Waals surface area (Å²) >= 11 is 0. The summed E-state index contributed by atoms with van der Waals surface area (Å²) in [5.41, 5.74) is 1.42. The van der Waals surface area contributed by atoms with Gasteiger partial charge in [-0.25, -0.2) is 8.78 Å². The Morgan fingerprint density at radius 2 is 1.97 bits per heavy atom. The lowest BCUT2D eigenvalue weighted by Crippen LogP contribution is -2.45. The van der Waals surface area contributed by atoms with Gasteiger partial charge in [0.05, 0.1) is 5.69 Å². The summed E-state index contributed by atoms with van der Waals surface area (Å²) in [6, 6.07) is 10.7. The van der Waals surface area contributed by atoms with Crippen molar-refractivity contribution >= 4 is 17.5 Å². The van der Waals surface area contributed by atoms with Gasteiger partial charge in [0, 0.05) is 12.5 Å². The van der Waals surface area contributed by atoms with Crippen molar-refractivity contribution in [2.75, 3.05) is 5.32 Å². The van der Waals surface area contributed by atoms with Gasteiger partial charge in [0.2, 0.25) is 11.7 Å². The van der Waals surface area contributed by atoms with Crippen LogP contribution in [0.25, 0.3) is 0 Å². The van der Waals surface area contributed by atoms with E-state index in [1.54, 1.807) is 0 Å². The zero-order valence-electron chi connectivity index (χ0n) is 15.7. The maximum atomic E-state index is 14.1. The second-order valence-corrected chi connectivity index (χ2v) is 7.58. The molecule has 3 atom stereocenters. The topological polar surface area (TPSA) is 99.8 Å². The number of nitrogens with one attached hydrogen (secondary N) is 3. The summed E-state index contributed by atoms with van der Waals surface area (Å²) in [6.45, 7) is 0. The van der Waals surface area contributed by atoms with Gasteiger partial charge < -0.3 is 15.6 Å². The summed E-state index contributed by atoms with van der Waals surface area (Å²) in [5.74, 6) is -2.55. The molecule has 1 aliphatic carbocycles. The number of anilines is 1. The SMILES string of the molecule is O=C(N[C@@H]1C(=O)Nc2c(F)cc(F)cc2[C@@H]2C[C@H]12)c1nnc(Cc2ccccc2)[nH]1. The lowest BCUT2D eigenvalue weighted by Gasteiger charge is -2.16. The van der Waals surface area contributed by atoms with Crippen molar-refractivity contribution in [2.45, 2.75) is 24.8 Å². The zero-order valence-corrected chi connectivity index (χ0v) is 15.7. The number of aromatic amines is 1. The van der Waals surface area contributed by atoms with E-state index in [0.29, 0.717) is 24.2 Å². The molecule has 9 heteroatoms. The minimum absolute atomic E-state index is 0.00934. The van der Waals surface area contributed by atoms with Gasteiger partial charge in [0.1, 0.15) is 23.5 Å². The van der Waals surface area contributed by atoms with Crippen LogP contribution in [0.15, 0.2) is 42.5 Å². The van der Waals surface area contributed by atoms with E-state index in [0.717, 1.165) is 11.6 Å². The molecule has 2 aliphatic rings. The molecule has 1 fully saturated rings. The number of aromatic nitrogens is 3. The molecular weight excluding hydrogens is 392 g/mol. The van der Waals surface area contributed by atoms with Crippen LogP contribution in [0.3, 0.4) is 0 Å². The van der Waals surface area contributed by atoms with Crippen molar-refractivity contribution in [3.05, 3.63) is 76.9 Å². The van der Waals surface area contributed by atoms with Gasteiger partial charge in [-0.3, -0.25) is 9.59 Å². The van der Waals surface area contributed by atoms with E-state index in [-0.39, 0.29) is 23.3 Å². The number of carbonyl (C=O) groups excluding carboxylic acids is 2. The molecule has 0 saturated heterocycles. The summed E-state index contributed by atoms with van der Waals surface area (Å²) in [6.07, 6.45) is 1.04. The number of nitrogens with zero attached hydrogens (tertiary/aromatic N) is 2. The van der Waals surface area contributed by atoms with E-state index in [1.807, 2.05) is 30.3 Å². The van der Waals surface area contributed by atoms with Crippen molar-refractivity contribution < 1.29 is 18.4 Å². The van der Waals surface area contributed by atoms with E-state index in [1.165, 1.54) is 6.07 Å². The number of hydrogen-bond acceptors (Lipinski definition) is 4. The number of hydrogen-bond donors (Lipinski definition) is 3. The molecule has 5 rings (SSSR count). The fourth-order valence-electron chi connectivity index (χ4n) is 4.00. The van der Waals surface area contributed by atoms with Gasteiger partial charge in [-0.05, 0) is 35.4 Å². The summed E-state index contributed by atoms with van der Waals surface area (Å²) < 4.78 is 27.8. The van der Waals surface area contributed by atoms with Crippen LogP contribution < -0.4 is 10.6 Å². The largest absolute Gasteiger partial charge is 0.337 e. The summed E-state index contributed by atoms with van der Waals surface area (Å²) in [7, 11) is 0. The highest BCUT2D eigenvalue weighted by Crippen LogP contribution is 2.54. The first-order valence-corrected chi connectivity index (χ1v) is 9.56. The second-order valence-electron chi connectivity index (χ2n) is 7.58. The Bertz CT molecular complexity index is 1150. The fraction of sp³-hybridized carbons (Fsp3) is 0.238. The van der Waals surface area contributed by atoms with Gasteiger partial charge in [-0.1, -0.05) is 30.3 Å². The predicted octanol–water partition coefficient (Wildman–Crippen LogP) is 2.53. The number of fused-ring (bicyclic) bond motifs is 3. The minimum Gasteiger partial charge on any atom is -0.337 e. The Hall–Kier alpha value is -3.62. The molecule has 1 aromatic heterocycles. The Balaban J connectivity index is 1.32. The molecule has 0 radical (unpaired) electrons. The smallest absolute Gasteiger partial charge is 0.289 e. The maximum Gasteiger partial charge on any atom is 0.289 e. The van der Waals surface area contributed by atoms with Crippen LogP contribution in [-0.2, 0) is 11.2 Å². The lowest BCUT2D eigenvalue weighted by molar-refractivity contribution is -0.118. The highest BCUT2D eigenvalue weighted by atomic mass is 19.1. The van der Waals surface area contributed by atoms with E-state index >= 15 is 0 Å². The van der Waals surface area contributed by atoms with E-state index < -0.39 is 29.5 Å². The first-order valence-electron chi connectivity index (χ1n) is 9.56. The molecular formula is C21H17F2N5O2. The maximum absolute atomic E-state index is 14.1. The zero-order chi connectivity index (χ0) is 20.8. The fourth-order valence-corrected chi connectivity index (χ4v) is 4.00. The Morgan fingerprint density at radius 1 is 1.17 bits per heavy atom. The molecule has 7 nitrogen and oxygen atoms in total. The molecule has 2 amide bonds. The first-order chi connectivity index (χ1) is 14.5. The number of amides is 2. The van der Waals surface area contributed by atoms with Crippen LogP contribution in [0.5, 0.6) is 0 Å². The van der Waals surface area contributed by atoms with Gasteiger partial charge in [0.25, 0.3) is 5.91 Å². The second kappa shape index (κ2) is 7.01. The van der Waals surface area contributed by atoms with E-state index in [4.69, 9.17) is 0 Å².